The van der Waals surface area contributed by atoms with Crippen molar-refractivity contribution in [1.29, 1.82) is 0 Å². The molecule has 2 heterocycles. The standard InChI is InChI=1S/C18H35NO2/c1-2-3-4-5-6-7-8-9-12-19-17-10-13-21-18(15-17)11-14-20-16-18/h17,19H,2-16H2,1H3. The summed E-state index contributed by atoms with van der Waals surface area (Å²) in [7, 11) is 0. The first-order valence-electron chi connectivity index (χ1n) is 9.30. The molecule has 0 aromatic heterocycles. The maximum Gasteiger partial charge on any atom is 0.0951 e. The van der Waals surface area contributed by atoms with Gasteiger partial charge in [-0.3, -0.25) is 0 Å². The van der Waals surface area contributed by atoms with Crippen LogP contribution in [-0.2, 0) is 9.47 Å². The number of unbranched alkanes of at least 4 members (excludes halogenated alkanes) is 7. The van der Waals surface area contributed by atoms with E-state index in [0.29, 0.717) is 6.04 Å². The predicted molar refractivity (Wildman–Crippen MR) is 87.8 cm³/mol. The zero-order chi connectivity index (χ0) is 14.8. The van der Waals surface area contributed by atoms with Crippen LogP contribution < -0.4 is 5.32 Å². The van der Waals surface area contributed by atoms with Crippen LogP contribution in [0.15, 0.2) is 0 Å². The largest absolute Gasteiger partial charge is 0.378 e. The molecule has 124 valence electrons. The van der Waals surface area contributed by atoms with Crippen LogP contribution in [0, 0.1) is 0 Å². The van der Waals surface area contributed by atoms with Gasteiger partial charge in [0.25, 0.3) is 0 Å². The van der Waals surface area contributed by atoms with E-state index in [-0.39, 0.29) is 5.60 Å². The molecule has 0 aromatic carbocycles. The zero-order valence-corrected chi connectivity index (χ0v) is 14.0. The summed E-state index contributed by atoms with van der Waals surface area (Å²) in [6.45, 7) is 6.05. The first-order valence-corrected chi connectivity index (χ1v) is 9.30. The molecule has 2 rings (SSSR count). The van der Waals surface area contributed by atoms with Crippen LogP contribution in [0.5, 0.6) is 0 Å². The maximum absolute atomic E-state index is 5.98. The average Bonchev–Trinajstić information content (AvgIpc) is 2.93. The fraction of sp³-hybridized carbons (Fsp3) is 1.00. The van der Waals surface area contributed by atoms with Crippen LogP contribution in [0.4, 0.5) is 0 Å². The highest BCUT2D eigenvalue weighted by molar-refractivity contribution is 4.92. The molecule has 2 saturated heterocycles. The number of ether oxygens (including phenoxy) is 2. The van der Waals surface area contributed by atoms with E-state index in [4.69, 9.17) is 9.47 Å². The molecule has 3 heteroatoms. The Morgan fingerprint density at radius 1 is 1.00 bits per heavy atom. The van der Waals surface area contributed by atoms with E-state index in [1.807, 2.05) is 0 Å². The Balaban J connectivity index is 1.45. The molecule has 2 atom stereocenters. The van der Waals surface area contributed by atoms with Crippen molar-refractivity contribution >= 4 is 0 Å². The van der Waals surface area contributed by atoms with E-state index in [9.17, 15) is 0 Å². The van der Waals surface area contributed by atoms with Gasteiger partial charge in [0.05, 0.1) is 12.2 Å². The van der Waals surface area contributed by atoms with Crippen molar-refractivity contribution in [1.82, 2.24) is 5.32 Å². The predicted octanol–water partition coefficient (Wildman–Crippen LogP) is 4.05. The van der Waals surface area contributed by atoms with Crippen LogP contribution >= 0.6 is 0 Å². The lowest BCUT2D eigenvalue weighted by molar-refractivity contribution is -0.0892. The highest BCUT2D eigenvalue weighted by Gasteiger charge is 2.40. The molecular formula is C18H35NO2. The van der Waals surface area contributed by atoms with E-state index in [1.54, 1.807) is 0 Å². The summed E-state index contributed by atoms with van der Waals surface area (Å²) < 4.78 is 11.5. The van der Waals surface area contributed by atoms with Gasteiger partial charge in [-0.15, -0.1) is 0 Å². The Morgan fingerprint density at radius 3 is 2.48 bits per heavy atom. The second kappa shape index (κ2) is 9.81. The maximum atomic E-state index is 5.98. The van der Waals surface area contributed by atoms with Crippen LogP contribution in [0.2, 0.25) is 0 Å². The van der Waals surface area contributed by atoms with E-state index in [1.165, 1.54) is 64.3 Å². The molecule has 0 bridgehead atoms. The van der Waals surface area contributed by atoms with Crippen LogP contribution in [0.1, 0.15) is 77.6 Å². The molecule has 21 heavy (non-hydrogen) atoms. The molecule has 2 fully saturated rings. The van der Waals surface area contributed by atoms with Crippen LogP contribution in [-0.4, -0.2) is 38.0 Å². The molecule has 2 aliphatic rings. The molecule has 0 aromatic rings. The van der Waals surface area contributed by atoms with Gasteiger partial charge in [0.2, 0.25) is 0 Å². The summed E-state index contributed by atoms with van der Waals surface area (Å²) in [5.74, 6) is 0. The van der Waals surface area contributed by atoms with Crippen molar-refractivity contribution in [3.05, 3.63) is 0 Å². The van der Waals surface area contributed by atoms with Gasteiger partial charge in [-0.2, -0.15) is 0 Å². The summed E-state index contributed by atoms with van der Waals surface area (Å²) in [6, 6.07) is 0.644. The van der Waals surface area contributed by atoms with E-state index >= 15 is 0 Å². The number of hydrogen-bond donors (Lipinski definition) is 1. The number of nitrogens with one attached hydrogen (secondary N) is 1. The number of rotatable bonds is 10. The Kier molecular flexibility index (Phi) is 8.05. The number of hydrogen-bond acceptors (Lipinski definition) is 3. The fourth-order valence-corrected chi connectivity index (χ4v) is 3.63. The highest BCUT2D eigenvalue weighted by Crippen LogP contribution is 2.32. The molecular weight excluding hydrogens is 262 g/mol. The van der Waals surface area contributed by atoms with E-state index in [0.717, 1.165) is 32.7 Å². The van der Waals surface area contributed by atoms with Gasteiger partial charge in [-0.05, 0) is 25.8 Å². The average molecular weight is 297 g/mol. The van der Waals surface area contributed by atoms with Gasteiger partial charge >= 0.3 is 0 Å². The third-order valence-corrected chi connectivity index (χ3v) is 5.02. The second-order valence-electron chi connectivity index (χ2n) is 6.95. The molecule has 1 N–H and O–H groups in total. The molecule has 2 aliphatic heterocycles. The lowest BCUT2D eigenvalue weighted by atomic mass is 9.89. The SMILES string of the molecule is CCCCCCCCCCNC1CCOC2(CCOC2)C1. The Bertz CT molecular complexity index is 264. The molecule has 0 radical (unpaired) electrons. The summed E-state index contributed by atoms with van der Waals surface area (Å²) in [5.41, 5.74) is 0.0508. The van der Waals surface area contributed by atoms with Crippen molar-refractivity contribution in [2.24, 2.45) is 0 Å². The summed E-state index contributed by atoms with van der Waals surface area (Å²) >= 11 is 0. The molecule has 0 amide bonds. The van der Waals surface area contributed by atoms with Gasteiger partial charge in [0.1, 0.15) is 0 Å². The first kappa shape index (κ1) is 17.2. The van der Waals surface area contributed by atoms with Crippen LogP contribution in [0.3, 0.4) is 0 Å². The third kappa shape index (κ3) is 6.25. The smallest absolute Gasteiger partial charge is 0.0951 e. The van der Waals surface area contributed by atoms with Gasteiger partial charge in [-0.25, -0.2) is 0 Å². The monoisotopic (exact) mass is 297 g/mol. The highest BCUT2D eigenvalue weighted by atomic mass is 16.6. The third-order valence-electron chi connectivity index (χ3n) is 5.02. The van der Waals surface area contributed by atoms with Crippen molar-refractivity contribution in [2.75, 3.05) is 26.4 Å². The topological polar surface area (TPSA) is 30.5 Å². The Hall–Kier alpha value is -0.120. The normalized spacial score (nSPS) is 29.3. The first-order chi connectivity index (χ1) is 10.3. The van der Waals surface area contributed by atoms with Crippen LogP contribution in [0.25, 0.3) is 0 Å². The second-order valence-corrected chi connectivity index (χ2v) is 6.95. The van der Waals surface area contributed by atoms with Crippen molar-refractivity contribution in [3.8, 4) is 0 Å². The van der Waals surface area contributed by atoms with E-state index < -0.39 is 0 Å². The van der Waals surface area contributed by atoms with Gasteiger partial charge < -0.3 is 14.8 Å². The minimum Gasteiger partial charge on any atom is -0.378 e. The molecule has 0 saturated carbocycles. The summed E-state index contributed by atoms with van der Waals surface area (Å²) in [4.78, 5) is 0. The Morgan fingerprint density at radius 2 is 1.76 bits per heavy atom. The molecule has 1 spiro atoms. The van der Waals surface area contributed by atoms with Gasteiger partial charge in [-0.1, -0.05) is 51.9 Å². The molecule has 0 aliphatic carbocycles. The molecule has 2 unspecified atom stereocenters. The summed E-state index contributed by atoms with van der Waals surface area (Å²) in [6.07, 6.45) is 14.6. The minimum absolute atomic E-state index is 0.0508. The zero-order valence-electron chi connectivity index (χ0n) is 14.0. The van der Waals surface area contributed by atoms with Crippen molar-refractivity contribution in [3.63, 3.8) is 0 Å². The minimum atomic E-state index is 0.0508. The van der Waals surface area contributed by atoms with Crippen molar-refractivity contribution < 1.29 is 9.47 Å². The van der Waals surface area contributed by atoms with Gasteiger partial charge in [0.15, 0.2) is 0 Å². The lowest BCUT2D eigenvalue weighted by Gasteiger charge is -2.37. The Labute approximate surface area is 131 Å². The van der Waals surface area contributed by atoms with Crippen molar-refractivity contribution in [2.45, 2.75) is 89.2 Å². The van der Waals surface area contributed by atoms with Gasteiger partial charge in [0, 0.05) is 25.7 Å². The quantitative estimate of drug-likeness (QED) is 0.617. The summed E-state index contributed by atoms with van der Waals surface area (Å²) in [5, 5.41) is 3.75. The molecule has 3 nitrogen and oxygen atoms in total. The fourth-order valence-electron chi connectivity index (χ4n) is 3.63. The lowest BCUT2D eigenvalue weighted by Crippen LogP contribution is -2.47. The van der Waals surface area contributed by atoms with E-state index in [2.05, 4.69) is 12.2 Å².